The number of nitrogens with one attached hydrogen (secondary N) is 1. The number of hydrogen-bond acceptors (Lipinski definition) is 6. The lowest BCUT2D eigenvalue weighted by Crippen LogP contribution is -2.54. The van der Waals surface area contributed by atoms with Crippen molar-refractivity contribution in [1.29, 1.82) is 0 Å². The number of halogens is 5. The van der Waals surface area contributed by atoms with Crippen molar-refractivity contribution in [3.05, 3.63) is 70.8 Å². The molecule has 1 aromatic carbocycles. The normalized spacial score (nSPS) is 19.1. The summed E-state index contributed by atoms with van der Waals surface area (Å²) in [6.07, 6.45) is -0.0431. The average Bonchev–Trinajstić information content (AvgIpc) is 3.37. The van der Waals surface area contributed by atoms with E-state index in [9.17, 15) is 18.0 Å². The van der Waals surface area contributed by atoms with Crippen LogP contribution < -0.4 is 15.0 Å². The van der Waals surface area contributed by atoms with E-state index in [0.717, 1.165) is 25.1 Å². The van der Waals surface area contributed by atoms with E-state index in [1.165, 1.54) is 18.3 Å². The van der Waals surface area contributed by atoms with Crippen LogP contribution in [0.1, 0.15) is 37.3 Å². The van der Waals surface area contributed by atoms with Gasteiger partial charge in [0.15, 0.2) is 0 Å². The minimum Gasteiger partial charge on any atom is -0.477 e. The van der Waals surface area contributed by atoms with E-state index in [1.54, 1.807) is 25.3 Å². The van der Waals surface area contributed by atoms with Crippen LogP contribution in [0.2, 0.25) is 5.02 Å². The summed E-state index contributed by atoms with van der Waals surface area (Å²) >= 11 is 6.28. The second-order valence-corrected chi connectivity index (χ2v) is 11.2. The summed E-state index contributed by atoms with van der Waals surface area (Å²) < 4.78 is 60.8. The summed E-state index contributed by atoms with van der Waals surface area (Å²) in [6.45, 7) is 4.37. The Morgan fingerprint density at radius 1 is 1.17 bits per heavy atom. The molecule has 2 aliphatic rings. The Bertz CT molecular complexity index is 1450. The smallest absolute Gasteiger partial charge is 0.416 e. The predicted octanol–water partition coefficient (Wildman–Crippen LogP) is 5.71. The predicted molar refractivity (Wildman–Crippen MR) is 152 cm³/mol. The second-order valence-electron chi connectivity index (χ2n) is 10.8. The van der Waals surface area contributed by atoms with Gasteiger partial charge in [-0.15, -0.1) is 0 Å². The monoisotopic (exact) mass is 605 g/mol. The number of carbonyl (C=O) groups is 1. The number of amides is 1. The van der Waals surface area contributed by atoms with Gasteiger partial charge >= 0.3 is 6.18 Å². The van der Waals surface area contributed by atoms with E-state index in [0.29, 0.717) is 43.1 Å². The van der Waals surface area contributed by atoms with Crippen molar-refractivity contribution in [3.63, 3.8) is 0 Å². The maximum atomic E-state index is 15.7. The van der Waals surface area contributed by atoms with E-state index < -0.39 is 23.0 Å². The Morgan fingerprint density at radius 2 is 1.93 bits per heavy atom. The third-order valence-electron chi connectivity index (χ3n) is 8.09. The molecule has 2 aromatic heterocycles. The average molecular weight is 606 g/mol. The maximum Gasteiger partial charge on any atom is 0.416 e. The number of alkyl halides is 3. The first-order chi connectivity index (χ1) is 20.0. The van der Waals surface area contributed by atoms with Gasteiger partial charge in [0.1, 0.15) is 11.5 Å². The summed E-state index contributed by atoms with van der Waals surface area (Å²) in [5.41, 5.74) is -0.560. The number of rotatable bonds is 7. The summed E-state index contributed by atoms with van der Waals surface area (Å²) in [7, 11) is 1.99. The molecule has 0 spiro atoms. The molecule has 2 saturated heterocycles. The Kier molecular flexibility index (Phi) is 8.61. The fourth-order valence-electron chi connectivity index (χ4n) is 5.81. The van der Waals surface area contributed by atoms with Gasteiger partial charge in [-0.05, 0) is 81.7 Å². The first-order valence-corrected chi connectivity index (χ1v) is 14.2. The highest BCUT2D eigenvalue weighted by Gasteiger charge is 2.45. The molecule has 3 aromatic rings. The van der Waals surface area contributed by atoms with Gasteiger partial charge < -0.3 is 19.9 Å². The molecule has 12 heteroatoms. The molecule has 224 valence electrons. The molecule has 42 heavy (non-hydrogen) atoms. The highest BCUT2D eigenvalue weighted by atomic mass is 35.5. The standard InChI is InChI=1S/C30H32ClF4N5O2/c1-3-42-27-22(5-4-11-36-27)26-24(32)16-20(17-37-26)29(28(41)38-21-8-12-39(2)18-21)9-13-40(14-10-29)25-7-6-19(15-23(25)31)30(33,34)35/h4-7,11,15-17,21H,3,8-10,12-14,18H2,1-2H3,(H,38,41)/t21-/m0/s1. The fraction of sp³-hybridized carbons (Fsp3) is 0.433. The Morgan fingerprint density at radius 3 is 2.55 bits per heavy atom. The SMILES string of the molecule is CCOc1ncccc1-c1ncc(C2(C(=O)N[C@H]3CCN(C)C3)CCN(c3ccc(C(F)(F)F)cc3Cl)CC2)cc1F. The summed E-state index contributed by atoms with van der Waals surface area (Å²) in [6, 6.07) is 7.92. The molecular weight excluding hydrogens is 574 g/mol. The van der Waals surface area contributed by atoms with Gasteiger partial charge in [0.25, 0.3) is 0 Å². The number of anilines is 1. The van der Waals surface area contributed by atoms with Crippen LogP contribution in [-0.2, 0) is 16.4 Å². The number of aromatic nitrogens is 2. The van der Waals surface area contributed by atoms with Crippen LogP contribution in [0.15, 0.2) is 48.8 Å². The molecule has 7 nitrogen and oxygen atoms in total. The number of pyridine rings is 2. The summed E-state index contributed by atoms with van der Waals surface area (Å²) in [5.74, 6) is -0.563. The molecule has 2 fully saturated rings. The van der Waals surface area contributed by atoms with Crippen LogP contribution in [-0.4, -0.2) is 66.7 Å². The summed E-state index contributed by atoms with van der Waals surface area (Å²) in [5, 5.41) is 3.15. The Hall–Kier alpha value is -3.44. The van der Waals surface area contributed by atoms with Crippen molar-refractivity contribution < 1.29 is 27.1 Å². The molecule has 1 N–H and O–H groups in total. The van der Waals surface area contributed by atoms with E-state index in [-0.39, 0.29) is 41.4 Å². The second kappa shape index (κ2) is 12.0. The van der Waals surface area contributed by atoms with Crippen molar-refractivity contribution in [2.45, 2.75) is 43.8 Å². The first kappa shape index (κ1) is 30.0. The van der Waals surface area contributed by atoms with Gasteiger partial charge in [-0.1, -0.05) is 11.6 Å². The Balaban J connectivity index is 1.45. The third-order valence-corrected chi connectivity index (χ3v) is 8.40. The Labute approximate surface area is 246 Å². The van der Waals surface area contributed by atoms with Crippen LogP contribution >= 0.6 is 11.6 Å². The fourth-order valence-corrected chi connectivity index (χ4v) is 6.11. The zero-order valence-corrected chi connectivity index (χ0v) is 24.1. The summed E-state index contributed by atoms with van der Waals surface area (Å²) in [4.78, 5) is 26.6. The number of carbonyl (C=O) groups excluding carboxylic acids is 1. The van der Waals surface area contributed by atoms with Crippen LogP contribution in [0.5, 0.6) is 5.88 Å². The van der Waals surface area contributed by atoms with Gasteiger partial charge in [-0.2, -0.15) is 13.2 Å². The zero-order valence-electron chi connectivity index (χ0n) is 23.3. The highest BCUT2D eigenvalue weighted by molar-refractivity contribution is 6.33. The van der Waals surface area contributed by atoms with Gasteiger partial charge in [0.2, 0.25) is 11.8 Å². The molecule has 4 heterocycles. The third kappa shape index (κ3) is 6.03. The molecule has 1 atom stereocenters. The number of likely N-dealkylation sites (N-methyl/N-ethyl adjacent to an activating group) is 1. The number of piperidine rings is 1. The van der Waals surface area contributed by atoms with E-state index in [2.05, 4.69) is 20.2 Å². The van der Waals surface area contributed by atoms with E-state index in [1.807, 2.05) is 11.9 Å². The van der Waals surface area contributed by atoms with E-state index in [4.69, 9.17) is 16.3 Å². The molecule has 0 unspecified atom stereocenters. The van der Waals surface area contributed by atoms with Crippen LogP contribution in [0.3, 0.4) is 0 Å². The van der Waals surface area contributed by atoms with Gasteiger partial charge in [-0.25, -0.2) is 9.37 Å². The molecule has 0 aliphatic carbocycles. The molecule has 0 bridgehead atoms. The van der Waals surface area contributed by atoms with E-state index >= 15 is 4.39 Å². The number of nitrogens with zero attached hydrogens (tertiary/aromatic N) is 4. The number of hydrogen-bond donors (Lipinski definition) is 1. The number of ether oxygens (including phenoxy) is 1. The maximum absolute atomic E-state index is 15.7. The quantitative estimate of drug-likeness (QED) is 0.348. The lowest BCUT2D eigenvalue weighted by molar-refractivity contribution is -0.137. The molecule has 2 aliphatic heterocycles. The largest absolute Gasteiger partial charge is 0.477 e. The van der Waals surface area contributed by atoms with Crippen molar-refractivity contribution in [1.82, 2.24) is 20.2 Å². The molecule has 0 radical (unpaired) electrons. The number of likely N-dealkylation sites (tertiary alicyclic amines) is 1. The van der Waals surface area contributed by atoms with Crippen LogP contribution in [0.25, 0.3) is 11.3 Å². The first-order valence-electron chi connectivity index (χ1n) is 13.9. The molecule has 1 amide bonds. The van der Waals surface area contributed by atoms with Crippen molar-refractivity contribution in [2.75, 3.05) is 44.7 Å². The highest BCUT2D eigenvalue weighted by Crippen LogP contribution is 2.41. The molecule has 0 saturated carbocycles. The van der Waals surface area contributed by atoms with Gasteiger partial charge in [-0.3, -0.25) is 9.78 Å². The van der Waals surface area contributed by atoms with Crippen LogP contribution in [0, 0.1) is 5.82 Å². The minimum atomic E-state index is -4.51. The zero-order chi connectivity index (χ0) is 30.1. The number of benzene rings is 1. The lowest BCUT2D eigenvalue weighted by Gasteiger charge is -2.42. The van der Waals surface area contributed by atoms with Crippen LogP contribution in [0.4, 0.5) is 23.2 Å². The molecule has 5 rings (SSSR count). The minimum absolute atomic E-state index is 0.0191. The molecular formula is C30H32ClF4N5O2. The van der Waals surface area contributed by atoms with Gasteiger partial charge in [0.05, 0.1) is 33.9 Å². The van der Waals surface area contributed by atoms with Crippen molar-refractivity contribution in [2.24, 2.45) is 0 Å². The van der Waals surface area contributed by atoms with Crippen molar-refractivity contribution >= 4 is 23.2 Å². The topological polar surface area (TPSA) is 70.6 Å². The van der Waals surface area contributed by atoms with Crippen molar-refractivity contribution in [3.8, 4) is 17.1 Å². The van der Waals surface area contributed by atoms with Gasteiger partial charge in [0, 0.05) is 38.1 Å². The lowest BCUT2D eigenvalue weighted by atomic mass is 9.72.